The first-order valence-electron chi connectivity index (χ1n) is 6.10. The first-order valence-corrected chi connectivity index (χ1v) is 7.50. The van der Waals surface area contributed by atoms with Gasteiger partial charge in [-0.25, -0.2) is 0 Å². The maximum Gasteiger partial charge on any atom is 0.136 e. The lowest BCUT2D eigenvalue weighted by Crippen LogP contribution is -2.05. The van der Waals surface area contributed by atoms with Crippen LogP contribution in [-0.2, 0) is 0 Å². The molecule has 3 nitrogen and oxygen atoms in total. The Bertz CT molecular complexity index is 596. The molecule has 0 aliphatic carbocycles. The molecular formula is C15H17NO2S. The Hall–Kier alpha value is -1.68. The van der Waals surface area contributed by atoms with Gasteiger partial charge in [0.2, 0.25) is 0 Å². The van der Waals surface area contributed by atoms with Crippen LogP contribution in [0.1, 0.15) is 12.5 Å². The fraction of sp³-hybridized carbons (Fsp3) is 0.267. The second kappa shape index (κ2) is 6.48. The molecule has 2 rings (SSSR count). The van der Waals surface area contributed by atoms with E-state index in [4.69, 9.17) is 9.94 Å². The summed E-state index contributed by atoms with van der Waals surface area (Å²) in [4.78, 5) is 0. The van der Waals surface area contributed by atoms with Gasteiger partial charge in [-0.05, 0) is 24.6 Å². The third-order valence-corrected chi connectivity index (χ3v) is 3.53. The molecule has 0 amide bonds. The number of rotatable bonds is 5. The molecule has 0 saturated heterocycles. The summed E-state index contributed by atoms with van der Waals surface area (Å²) in [5.41, 5.74) is 1.40. The summed E-state index contributed by atoms with van der Waals surface area (Å²) in [5, 5.41) is 14.4. The Balaban J connectivity index is 2.51. The summed E-state index contributed by atoms with van der Waals surface area (Å²) < 4.78 is 5.90. The molecule has 0 atom stereocenters. The highest BCUT2D eigenvalue weighted by atomic mass is 32.2. The van der Waals surface area contributed by atoms with Crippen LogP contribution in [0.3, 0.4) is 0 Å². The van der Waals surface area contributed by atoms with Gasteiger partial charge in [0.25, 0.3) is 0 Å². The number of ether oxygens (including phenoxy) is 1. The molecule has 0 saturated carbocycles. The summed E-state index contributed by atoms with van der Waals surface area (Å²) in [6, 6.07) is 12.0. The minimum atomic E-state index is 0.560. The zero-order chi connectivity index (χ0) is 13.7. The monoisotopic (exact) mass is 275 g/mol. The molecule has 4 heteroatoms. The van der Waals surface area contributed by atoms with Crippen LogP contribution in [0.5, 0.6) is 5.75 Å². The van der Waals surface area contributed by atoms with Crippen molar-refractivity contribution in [1.82, 2.24) is 0 Å². The van der Waals surface area contributed by atoms with E-state index in [1.165, 1.54) is 0 Å². The van der Waals surface area contributed by atoms with Crippen molar-refractivity contribution >= 4 is 28.2 Å². The number of thioether (sulfide) groups is 1. The molecule has 2 aromatic rings. The van der Waals surface area contributed by atoms with E-state index >= 15 is 0 Å². The van der Waals surface area contributed by atoms with E-state index in [1.807, 2.05) is 42.7 Å². The number of fused-ring (bicyclic) bond motifs is 1. The predicted molar refractivity (Wildman–Crippen MR) is 81.8 cm³/mol. The zero-order valence-electron chi connectivity index (χ0n) is 11.1. The number of nitrogens with zero attached hydrogens (tertiary/aromatic N) is 1. The van der Waals surface area contributed by atoms with E-state index in [1.54, 1.807) is 18.7 Å². The fourth-order valence-corrected chi connectivity index (χ4v) is 2.21. The van der Waals surface area contributed by atoms with Crippen molar-refractivity contribution in [2.75, 3.05) is 18.6 Å². The predicted octanol–water partition coefficient (Wildman–Crippen LogP) is 3.78. The zero-order valence-corrected chi connectivity index (χ0v) is 11.9. The fourth-order valence-electron chi connectivity index (χ4n) is 1.96. The Morgan fingerprint density at radius 1 is 1.26 bits per heavy atom. The molecule has 0 fully saturated rings. The molecule has 0 bridgehead atoms. The Labute approximate surface area is 117 Å². The number of hydrogen-bond donors (Lipinski definition) is 1. The van der Waals surface area contributed by atoms with Gasteiger partial charge in [-0.2, -0.15) is 11.8 Å². The van der Waals surface area contributed by atoms with Crippen molar-refractivity contribution in [2.24, 2.45) is 5.16 Å². The highest BCUT2D eigenvalue weighted by Crippen LogP contribution is 2.30. The molecule has 0 heterocycles. The number of oxime groups is 1. The van der Waals surface area contributed by atoms with E-state index in [-0.39, 0.29) is 0 Å². The van der Waals surface area contributed by atoms with E-state index < -0.39 is 0 Å². The minimum absolute atomic E-state index is 0.560. The molecule has 19 heavy (non-hydrogen) atoms. The van der Waals surface area contributed by atoms with Gasteiger partial charge in [0.05, 0.1) is 12.3 Å². The summed E-state index contributed by atoms with van der Waals surface area (Å²) in [6.07, 6.45) is 2.05. The lowest BCUT2D eigenvalue weighted by molar-refractivity contribution is 0.318. The Morgan fingerprint density at radius 3 is 2.79 bits per heavy atom. The van der Waals surface area contributed by atoms with Crippen molar-refractivity contribution in [3.8, 4) is 5.75 Å². The van der Waals surface area contributed by atoms with Crippen LogP contribution in [0.15, 0.2) is 41.6 Å². The van der Waals surface area contributed by atoms with Crippen molar-refractivity contribution < 1.29 is 9.94 Å². The van der Waals surface area contributed by atoms with Gasteiger partial charge in [-0.1, -0.05) is 35.5 Å². The average molecular weight is 275 g/mol. The van der Waals surface area contributed by atoms with Crippen LogP contribution in [0.25, 0.3) is 10.8 Å². The highest BCUT2D eigenvalue weighted by molar-refractivity contribution is 7.98. The molecule has 0 aliphatic rings. The first-order chi connectivity index (χ1) is 9.27. The van der Waals surface area contributed by atoms with E-state index in [9.17, 15) is 0 Å². The van der Waals surface area contributed by atoms with E-state index in [2.05, 4.69) is 5.16 Å². The molecule has 0 aromatic heterocycles. The van der Waals surface area contributed by atoms with Crippen molar-refractivity contribution in [2.45, 2.75) is 6.92 Å². The second-order valence-corrected chi connectivity index (χ2v) is 5.18. The summed E-state index contributed by atoms with van der Waals surface area (Å²) in [5.74, 6) is 1.72. The van der Waals surface area contributed by atoms with Crippen molar-refractivity contribution in [3.05, 3.63) is 42.0 Å². The van der Waals surface area contributed by atoms with Crippen LogP contribution in [0.2, 0.25) is 0 Å². The largest absolute Gasteiger partial charge is 0.491 e. The summed E-state index contributed by atoms with van der Waals surface area (Å²) >= 11 is 1.74. The first kappa shape index (κ1) is 13.7. The standard InChI is InChI=1S/C15H17NO2S/c1-11(16-17)13-8-7-12-5-3-4-6-14(12)15(13)18-9-10-19-2/h3-8,17H,9-10H2,1-2H3/b16-11+. The third kappa shape index (κ3) is 3.01. The normalized spacial score (nSPS) is 11.8. The molecule has 1 N–H and O–H groups in total. The third-order valence-electron chi connectivity index (χ3n) is 2.95. The maximum absolute atomic E-state index is 8.98. The average Bonchev–Trinajstić information content (AvgIpc) is 2.46. The highest BCUT2D eigenvalue weighted by Gasteiger charge is 2.11. The molecule has 100 valence electrons. The van der Waals surface area contributed by atoms with Crippen LogP contribution in [0.4, 0.5) is 0 Å². The van der Waals surface area contributed by atoms with Gasteiger partial charge in [0.15, 0.2) is 0 Å². The lowest BCUT2D eigenvalue weighted by Gasteiger charge is -2.13. The summed E-state index contributed by atoms with van der Waals surface area (Å²) in [6.45, 7) is 2.41. The van der Waals surface area contributed by atoms with Gasteiger partial charge < -0.3 is 9.94 Å². The smallest absolute Gasteiger partial charge is 0.136 e. The second-order valence-electron chi connectivity index (χ2n) is 4.19. The van der Waals surface area contributed by atoms with E-state index in [0.29, 0.717) is 12.3 Å². The Kier molecular flexibility index (Phi) is 4.68. The van der Waals surface area contributed by atoms with Crippen molar-refractivity contribution in [1.29, 1.82) is 0 Å². The van der Waals surface area contributed by atoms with Gasteiger partial charge >= 0.3 is 0 Å². The molecule has 0 spiro atoms. The van der Waals surface area contributed by atoms with Crippen LogP contribution in [-0.4, -0.2) is 29.5 Å². The molecule has 0 aliphatic heterocycles. The van der Waals surface area contributed by atoms with Gasteiger partial charge in [-0.15, -0.1) is 0 Å². The SMILES string of the molecule is CSCCOc1c(/C(C)=N/O)ccc2ccccc12. The van der Waals surface area contributed by atoms with Crippen molar-refractivity contribution in [3.63, 3.8) is 0 Å². The topological polar surface area (TPSA) is 41.8 Å². The van der Waals surface area contributed by atoms with Gasteiger partial charge in [0, 0.05) is 16.7 Å². The van der Waals surface area contributed by atoms with Gasteiger partial charge in [-0.3, -0.25) is 0 Å². The van der Waals surface area contributed by atoms with E-state index in [0.717, 1.165) is 27.8 Å². The lowest BCUT2D eigenvalue weighted by atomic mass is 10.0. The molecule has 2 aromatic carbocycles. The maximum atomic E-state index is 8.98. The van der Waals surface area contributed by atoms with Gasteiger partial charge in [0.1, 0.15) is 5.75 Å². The summed E-state index contributed by atoms with van der Waals surface area (Å²) in [7, 11) is 0. The number of benzene rings is 2. The van der Waals surface area contributed by atoms with Crippen LogP contribution >= 0.6 is 11.8 Å². The quantitative estimate of drug-likeness (QED) is 0.391. The Morgan fingerprint density at radius 2 is 2.05 bits per heavy atom. The number of hydrogen-bond acceptors (Lipinski definition) is 4. The van der Waals surface area contributed by atoms with Crippen LogP contribution in [0, 0.1) is 0 Å². The molecular weight excluding hydrogens is 258 g/mol. The minimum Gasteiger partial charge on any atom is -0.491 e. The molecule has 0 unspecified atom stereocenters. The molecule has 0 radical (unpaired) electrons. The van der Waals surface area contributed by atoms with Crippen LogP contribution < -0.4 is 4.74 Å².